The Morgan fingerprint density at radius 1 is 1.15 bits per heavy atom. The van der Waals surface area contributed by atoms with Crippen LogP contribution in [-0.4, -0.2) is 10.1 Å². The Morgan fingerprint density at radius 2 is 1.96 bits per heavy atom. The van der Waals surface area contributed by atoms with Gasteiger partial charge in [0.05, 0.1) is 0 Å². The molecule has 3 nitrogen and oxygen atoms in total. The molecule has 0 aliphatic rings. The van der Waals surface area contributed by atoms with Crippen LogP contribution >= 0.6 is 11.8 Å². The molecule has 4 heteroatoms. The first-order valence-electron chi connectivity index (χ1n) is 9.14. The maximum atomic E-state index is 9.65. The van der Waals surface area contributed by atoms with Crippen LogP contribution in [0.1, 0.15) is 39.2 Å². The van der Waals surface area contributed by atoms with Crippen LogP contribution in [0.15, 0.2) is 70.8 Å². The van der Waals surface area contributed by atoms with Gasteiger partial charge in [-0.1, -0.05) is 42.1 Å². The summed E-state index contributed by atoms with van der Waals surface area (Å²) in [6.45, 7) is 8.32. The largest absolute Gasteiger partial charge is 0.508 e. The molecule has 0 amide bonds. The van der Waals surface area contributed by atoms with Crippen molar-refractivity contribution in [3.05, 3.63) is 76.3 Å². The van der Waals surface area contributed by atoms with Crippen LogP contribution in [0.2, 0.25) is 0 Å². The van der Waals surface area contributed by atoms with Crippen molar-refractivity contribution in [3.63, 3.8) is 0 Å². The molecule has 0 saturated carbocycles. The van der Waals surface area contributed by atoms with Crippen molar-refractivity contribution in [3.8, 4) is 16.9 Å². The van der Waals surface area contributed by atoms with Gasteiger partial charge in [-0.05, 0) is 74.8 Å². The van der Waals surface area contributed by atoms with E-state index in [1.165, 1.54) is 9.81 Å². The van der Waals surface area contributed by atoms with Crippen LogP contribution in [-0.2, 0) is 0 Å². The number of pyridine rings is 1. The minimum atomic E-state index is 0.261. The zero-order valence-corrected chi connectivity index (χ0v) is 17.3. The van der Waals surface area contributed by atoms with Crippen LogP contribution in [0.3, 0.4) is 0 Å². The number of nitrogens with one attached hydrogen (secondary N) is 1. The summed E-state index contributed by atoms with van der Waals surface area (Å²) in [7, 11) is 0. The number of unbranched alkanes of at least 4 members (excludes halogenated alkanes) is 1. The molecule has 1 aromatic heterocycles. The standard InChI is InChI=1S/C23H28N2OS/c1-5-6-7-8-10-18(3)27-19(4)15-24-23-17(2)13-21(16-25-23)20-11-9-12-22(26)14-20/h5-6,9-16,26H,7-8H2,1-4H3,(H,24,25)/b6-5-,18-10+,19-15+. The zero-order chi connectivity index (χ0) is 19.6. The average Bonchev–Trinajstić information content (AvgIpc) is 2.64. The van der Waals surface area contributed by atoms with E-state index in [1.807, 2.05) is 31.5 Å². The van der Waals surface area contributed by atoms with E-state index in [9.17, 15) is 5.11 Å². The van der Waals surface area contributed by atoms with E-state index in [0.717, 1.165) is 35.3 Å². The SMILES string of the molecule is C/C=C\CC/C=C(\C)S/C(C)=C/Nc1ncc(-c2cccc(O)c2)cc1C. The first kappa shape index (κ1) is 20.8. The topological polar surface area (TPSA) is 45.2 Å². The second-order valence-electron chi connectivity index (χ2n) is 6.40. The Hall–Kier alpha value is -2.46. The molecule has 27 heavy (non-hydrogen) atoms. The summed E-state index contributed by atoms with van der Waals surface area (Å²) in [5.74, 6) is 1.10. The van der Waals surface area contributed by atoms with Gasteiger partial charge in [0.2, 0.25) is 0 Å². The molecule has 0 atom stereocenters. The molecule has 2 N–H and O–H groups in total. The van der Waals surface area contributed by atoms with E-state index in [0.29, 0.717) is 0 Å². The average molecular weight is 381 g/mol. The Labute approximate surface area is 166 Å². The molecule has 0 aliphatic heterocycles. The molecule has 0 aliphatic carbocycles. The van der Waals surface area contributed by atoms with E-state index < -0.39 is 0 Å². The van der Waals surface area contributed by atoms with Crippen molar-refractivity contribution in [2.75, 3.05) is 5.32 Å². The number of aromatic hydroxyl groups is 1. The van der Waals surface area contributed by atoms with Gasteiger partial charge < -0.3 is 10.4 Å². The molecular weight excluding hydrogens is 352 g/mol. The van der Waals surface area contributed by atoms with Crippen LogP contribution in [0.5, 0.6) is 5.75 Å². The molecular formula is C23H28N2OS. The third-order valence-electron chi connectivity index (χ3n) is 3.99. The Kier molecular flexibility index (Phi) is 8.21. The summed E-state index contributed by atoms with van der Waals surface area (Å²) in [6, 6.07) is 9.30. The van der Waals surface area contributed by atoms with Gasteiger partial charge in [0, 0.05) is 22.9 Å². The van der Waals surface area contributed by atoms with E-state index in [-0.39, 0.29) is 5.75 Å². The van der Waals surface area contributed by atoms with Crippen molar-refractivity contribution in [2.24, 2.45) is 0 Å². The van der Waals surface area contributed by atoms with Gasteiger partial charge in [-0.15, -0.1) is 0 Å². The van der Waals surface area contributed by atoms with Gasteiger partial charge in [-0.2, -0.15) is 0 Å². The summed E-state index contributed by atoms with van der Waals surface area (Å²) in [5, 5.41) is 12.9. The molecule has 2 aromatic rings. The maximum absolute atomic E-state index is 9.65. The van der Waals surface area contributed by atoms with Crippen LogP contribution < -0.4 is 5.32 Å². The number of aromatic nitrogens is 1. The highest BCUT2D eigenvalue weighted by molar-refractivity contribution is 8.06. The smallest absolute Gasteiger partial charge is 0.132 e. The summed E-state index contributed by atoms with van der Waals surface area (Å²) in [5.41, 5.74) is 3.01. The monoisotopic (exact) mass is 380 g/mol. The van der Waals surface area contributed by atoms with E-state index in [1.54, 1.807) is 23.9 Å². The quantitative estimate of drug-likeness (QED) is 0.381. The van der Waals surface area contributed by atoms with Crippen molar-refractivity contribution in [2.45, 2.75) is 40.5 Å². The lowest BCUT2D eigenvalue weighted by Gasteiger charge is -2.09. The summed E-state index contributed by atoms with van der Waals surface area (Å²) >= 11 is 1.76. The van der Waals surface area contributed by atoms with Gasteiger partial charge in [-0.3, -0.25) is 0 Å². The van der Waals surface area contributed by atoms with Crippen molar-refractivity contribution < 1.29 is 5.11 Å². The number of thioether (sulfide) groups is 1. The van der Waals surface area contributed by atoms with Gasteiger partial charge in [0.1, 0.15) is 11.6 Å². The second kappa shape index (κ2) is 10.6. The third-order valence-corrected chi connectivity index (χ3v) is 4.92. The zero-order valence-electron chi connectivity index (χ0n) is 16.5. The molecule has 1 aromatic carbocycles. The lowest BCUT2D eigenvalue weighted by molar-refractivity contribution is 0.475. The Morgan fingerprint density at radius 3 is 2.67 bits per heavy atom. The predicted octanol–water partition coefficient (Wildman–Crippen LogP) is 7.03. The fraction of sp³-hybridized carbons (Fsp3) is 0.261. The van der Waals surface area contributed by atoms with Gasteiger partial charge in [0.25, 0.3) is 0 Å². The lowest BCUT2D eigenvalue weighted by atomic mass is 10.1. The highest BCUT2D eigenvalue weighted by atomic mass is 32.2. The number of rotatable bonds is 8. The number of benzene rings is 1. The number of hydrogen-bond acceptors (Lipinski definition) is 4. The number of phenols is 1. The molecule has 0 fully saturated rings. The molecule has 0 radical (unpaired) electrons. The summed E-state index contributed by atoms with van der Waals surface area (Å²) < 4.78 is 0. The normalized spacial score (nSPS) is 12.6. The lowest BCUT2D eigenvalue weighted by Crippen LogP contribution is -1.96. The number of aryl methyl sites for hydroxylation is 1. The van der Waals surface area contributed by atoms with E-state index in [2.05, 4.69) is 55.4 Å². The van der Waals surface area contributed by atoms with Crippen LogP contribution in [0.4, 0.5) is 5.82 Å². The number of hydrogen-bond donors (Lipinski definition) is 2. The fourth-order valence-corrected chi connectivity index (χ4v) is 3.44. The van der Waals surface area contributed by atoms with Crippen LogP contribution in [0.25, 0.3) is 11.1 Å². The first-order chi connectivity index (χ1) is 13.0. The number of nitrogens with zero attached hydrogens (tertiary/aromatic N) is 1. The van der Waals surface area contributed by atoms with Crippen molar-refractivity contribution in [1.29, 1.82) is 0 Å². The molecule has 0 bridgehead atoms. The molecule has 2 rings (SSSR count). The minimum Gasteiger partial charge on any atom is -0.508 e. The number of anilines is 1. The molecule has 142 valence electrons. The van der Waals surface area contributed by atoms with Gasteiger partial charge in [0.15, 0.2) is 0 Å². The Balaban J connectivity index is 1.99. The molecule has 0 spiro atoms. The molecule has 1 heterocycles. The number of allylic oxidation sites excluding steroid dienone is 5. The predicted molar refractivity (Wildman–Crippen MR) is 119 cm³/mol. The second-order valence-corrected chi connectivity index (χ2v) is 7.89. The van der Waals surface area contributed by atoms with Crippen molar-refractivity contribution >= 4 is 17.6 Å². The Bertz CT molecular complexity index is 853. The maximum Gasteiger partial charge on any atom is 0.132 e. The van der Waals surface area contributed by atoms with E-state index in [4.69, 9.17) is 0 Å². The van der Waals surface area contributed by atoms with Crippen molar-refractivity contribution in [1.82, 2.24) is 4.98 Å². The highest BCUT2D eigenvalue weighted by Crippen LogP contribution is 2.27. The van der Waals surface area contributed by atoms with Gasteiger partial charge in [-0.25, -0.2) is 4.98 Å². The highest BCUT2D eigenvalue weighted by Gasteiger charge is 2.04. The van der Waals surface area contributed by atoms with Crippen LogP contribution in [0, 0.1) is 6.92 Å². The van der Waals surface area contributed by atoms with Gasteiger partial charge >= 0.3 is 0 Å². The minimum absolute atomic E-state index is 0.261. The number of phenolic OH excluding ortho intramolecular Hbond substituents is 1. The molecule has 0 unspecified atom stereocenters. The third kappa shape index (κ3) is 6.99. The summed E-state index contributed by atoms with van der Waals surface area (Å²) in [6.07, 6.45) is 12.5. The van der Waals surface area contributed by atoms with E-state index >= 15 is 0 Å². The fourth-order valence-electron chi connectivity index (χ4n) is 2.61. The summed E-state index contributed by atoms with van der Waals surface area (Å²) in [4.78, 5) is 7.03. The molecule has 0 saturated heterocycles. The first-order valence-corrected chi connectivity index (χ1v) is 9.96.